The zero-order valence-corrected chi connectivity index (χ0v) is 12.6. The van der Waals surface area contributed by atoms with Crippen LogP contribution < -0.4 is 5.73 Å². The van der Waals surface area contributed by atoms with E-state index in [0.717, 1.165) is 11.3 Å². The number of carbonyl (C=O) groups excluding carboxylic acids is 1. The number of fused-ring (bicyclic) bond motifs is 1. The molecule has 2 N–H and O–H groups in total. The van der Waals surface area contributed by atoms with E-state index in [4.69, 9.17) is 5.73 Å². The van der Waals surface area contributed by atoms with Crippen LogP contribution >= 0.6 is 24.0 Å². The van der Waals surface area contributed by atoms with Gasteiger partial charge in [0.2, 0.25) is 5.12 Å². The van der Waals surface area contributed by atoms with Gasteiger partial charge in [-0.05, 0) is 19.1 Å². The Morgan fingerprint density at radius 1 is 1.33 bits per heavy atom. The lowest BCUT2D eigenvalue weighted by molar-refractivity contribution is 0.109. The van der Waals surface area contributed by atoms with Gasteiger partial charge in [-0.2, -0.15) is 0 Å². The molecular weight excluding hydrogens is 309 g/mol. The van der Waals surface area contributed by atoms with Crippen LogP contribution in [0.25, 0.3) is 21.5 Å². The van der Waals surface area contributed by atoms with E-state index in [1.165, 1.54) is 6.07 Å². The highest BCUT2D eigenvalue weighted by Gasteiger charge is 2.21. The Balaban J connectivity index is 2.42. The maximum absolute atomic E-state index is 14.1. The molecule has 3 aromatic rings. The Morgan fingerprint density at radius 3 is 2.71 bits per heavy atom. The standard InChI is InChI=1S/C14H10FN3OS2/c1-6-17-11(7-4-2-3-5-8(7)15)9-10(16)12(14(19)20)21-13(9)18-6/h2-5H,16H2,1H3,(H,19,20). The molecule has 0 atom stereocenters. The molecule has 2 heterocycles. The highest BCUT2D eigenvalue weighted by molar-refractivity contribution is 7.97. The summed E-state index contributed by atoms with van der Waals surface area (Å²) in [6.45, 7) is 1.71. The van der Waals surface area contributed by atoms with Gasteiger partial charge in [0, 0.05) is 5.56 Å². The summed E-state index contributed by atoms with van der Waals surface area (Å²) in [7, 11) is 0. The van der Waals surface area contributed by atoms with E-state index in [9.17, 15) is 9.18 Å². The number of rotatable bonds is 2. The third kappa shape index (κ3) is 2.28. The number of thiophene rings is 1. The Morgan fingerprint density at radius 2 is 2.05 bits per heavy atom. The van der Waals surface area contributed by atoms with Crippen molar-refractivity contribution in [2.24, 2.45) is 0 Å². The predicted molar refractivity (Wildman–Crippen MR) is 85.3 cm³/mol. The summed E-state index contributed by atoms with van der Waals surface area (Å²) in [5, 5.41) is 0.0562. The highest BCUT2D eigenvalue weighted by atomic mass is 32.1. The minimum absolute atomic E-state index is 0.244. The fraction of sp³-hybridized carbons (Fsp3) is 0.0714. The Hall–Kier alpha value is -1.99. The van der Waals surface area contributed by atoms with Crippen molar-refractivity contribution < 1.29 is 9.18 Å². The zero-order valence-electron chi connectivity index (χ0n) is 10.9. The summed E-state index contributed by atoms with van der Waals surface area (Å²) in [4.78, 5) is 20.9. The first-order chi connectivity index (χ1) is 9.99. The predicted octanol–water partition coefficient (Wildman–Crippen LogP) is 3.46. The molecule has 0 bridgehead atoms. The second kappa shape index (κ2) is 5.09. The van der Waals surface area contributed by atoms with Crippen LogP contribution in [0.1, 0.15) is 15.5 Å². The van der Waals surface area contributed by atoms with Crippen molar-refractivity contribution in [3.8, 4) is 11.3 Å². The number of thiol groups is 1. The number of hydrogen-bond donors (Lipinski definition) is 2. The van der Waals surface area contributed by atoms with Crippen molar-refractivity contribution in [2.45, 2.75) is 6.92 Å². The smallest absolute Gasteiger partial charge is 0.228 e. The second-order valence-corrected chi connectivity index (χ2v) is 5.83. The molecule has 1 aromatic carbocycles. The Bertz CT molecular complexity index is 876. The number of anilines is 1. The van der Waals surface area contributed by atoms with E-state index < -0.39 is 10.9 Å². The average Bonchev–Trinajstić information content (AvgIpc) is 2.76. The molecule has 0 saturated heterocycles. The summed E-state index contributed by atoms with van der Waals surface area (Å²) in [6.07, 6.45) is 0. The van der Waals surface area contributed by atoms with Crippen LogP contribution in [0.5, 0.6) is 0 Å². The Kier molecular flexibility index (Phi) is 3.38. The van der Waals surface area contributed by atoms with E-state index in [2.05, 4.69) is 22.6 Å². The molecular formula is C14H10FN3OS2. The van der Waals surface area contributed by atoms with Gasteiger partial charge in [-0.3, -0.25) is 4.79 Å². The molecule has 21 heavy (non-hydrogen) atoms. The fourth-order valence-electron chi connectivity index (χ4n) is 2.14. The fourth-order valence-corrected chi connectivity index (χ4v) is 3.37. The summed E-state index contributed by atoms with van der Waals surface area (Å²) in [5.41, 5.74) is 6.98. The van der Waals surface area contributed by atoms with E-state index in [1.807, 2.05) is 0 Å². The minimum atomic E-state index is -0.437. The van der Waals surface area contributed by atoms with Crippen LogP contribution in [0.4, 0.5) is 10.1 Å². The maximum atomic E-state index is 14.1. The first kappa shape index (κ1) is 14.0. The number of nitrogens with two attached hydrogens (primary N) is 1. The number of hydrogen-bond acceptors (Lipinski definition) is 5. The topological polar surface area (TPSA) is 68.9 Å². The van der Waals surface area contributed by atoms with E-state index in [1.54, 1.807) is 25.1 Å². The number of nitrogen functional groups attached to an aromatic ring is 1. The summed E-state index contributed by atoms with van der Waals surface area (Å²) >= 11 is 4.94. The molecule has 0 radical (unpaired) electrons. The lowest BCUT2D eigenvalue weighted by Crippen LogP contribution is -1.97. The molecule has 0 spiro atoms. The number of halogens is 1. The normalized spacial score (nSPS) is 11.0. The van der Waals surface area contributed by atoms with Crippen molar-refractivity contribution >= 4 is 45.0 Å². The molecule has 0 aliphatic rings. The van der Waals surface area contributed by atoms with Crippen LogP contribution in [-0.4, -0.2) is 15.1 Å². The molecule has 7 heteroatoms. The van der Waals surface area contributed by atoms with E-state index in [-0.39, 0.29) is 5.69 Å². The van der Waals surface area contributed by atoms with E-state index >= 15 is 0 Å². The third-order valence-corrected chi connectivity index (χ3v) is 4.50. The zero-order chi connectivity index (χ0) is 15.1. The monoisotopic (exact) mass is 319 g/mol. The number of nitrogens with zero attached hydrogens (tertiary/aromatic N) is 2. The number of aryl methyl sites for hydroxylation is 1. The first-order valence-corrected chi connectivity index (χ1v) is 7.30. The Labute approximate surface area is 129 Å². The second-order valence-electron chi connectivity index (χ2n) is 4.43. The van der Waals surface area contributed by atoms with Crippen LogP contribution in [0.2, 0.25) is 0 Å². The van der Waals surface area contributed by atoms with Gasteiger partial charge >= 0.3 is 0 Å². The molecule has 0 saturated carbocycles. The summed E-state index contributed by atoms with van der Waals surface area (Å²) in [5.74, 6) is 0.0846. The molecule has 4 nitrogen and oxygen atoms in total. The van der Waals surface area contributed by atoms with E-state index in [0.29, 0.717) is 32.2 Å². The molecule has 0 aliphatic carbocycles. The van der Waals surface area contributed by atoms with Gasteiger partial charge in [-0.15, -0.1) is 11.3 Å². The van der Waals surface area contributed by atoms with Crippen molar-refractivity contribution in [2.75, 3.05) is 5.73 Å². The number of aromatic nitrogens is 2. The number of carbonyl (C=O) groups is 1. The molecule has 0 unspecified atom stereocenters. The van der Waals surface area contributed by atoms with Crippen molar-refractivity contribution in [1.29, 1.82) is 0 Å². The molecule has 0 aliphatic heterocycles. The lowest BCUT2D eigenvalue weighted by Gasteiger charge is -2.06. The van der Waals surface area contributed by atoms with Gasteiger partial charge in [-0.25, -0.2) is 14.4 Å². The first-order valence-electron chi connectivity index (χ1n) is 6.04. The van der Waals surface area contributed by atoms with Gasteiger partial charge < -0.3 is 5.73 Å². The summed E-state index contributed by atoms with van der Waals surface area (Å²) in [6, 6.07) is 6.29. The maximum Gasteiger partial charge on any atom is 0.228 e. The third-order valence-electron chi connectivity index (χ3n) is 3.02. The van der Waals surface area contributed by atoms with Gasteiger partial charge in [0.1, 0.15) is 21.3 Å². The average molecular weight is 319 g/mol. The molecule has 0 amide bonds. The van der Waals surface area contributed by atoms with Crippen molar-refractivity contribution in [3.05, 3.63) is 40.8 Å². The van der Waals surface area contributed by atoms with Crippen LogP contribution in [0, 0.1) is 12.7 Å². The SMILES string of the molecule is Cc1nc(-c2ccccc2F)c2c(N)c(C(=O)S)sc2n1. The summed E-state index contributed by atoms with van der Waals surface area (Å²) < 4.78 is 14.1. The van der Waals surface area contributed by atoms with Crippen LogP contribution in [-0.2, 0) is 0 Å². The van der Waals surface area contributed by atoms with Crippen molar-refractivity contribution in [3.63, 3.8) is 0 Å². The highest BCUT2D eigenvalue weighted by Crippen LogP contribution is 2.39. The largest absolute Gasteiger partial charge is 0.397 e. The van der Waals surface area contributed by atoms with Crippen LogP contribution in [0.3, 0.4) is 0 Å². The minimum Gasteiger partial charge on any atom is -0.397 e. The van der Waals surface area contributed by atoms with Gasteiger partial charge in [0.05, 0.1) is 16.8 Å². The van der Waals surface area contributed by atoms with Gasteiger partial charge in [-0.1, -0.05) is 24.8 Å². The van der Waals surface area contributed by atoms with Crippen LogP contribution in [0.15, 0.2) is 24.3 Å². The molecule has 106 valence electrons. The molecule has 3 rings (SSSR count). The lowest BCUT2D eigenvalue weighted by atomic mass is 10.1. The number of benzene rings is 1. The van der Waals surface area contributed by atoms with Crippen molar-refractivity contribution in [1.82, 2.24) is 9.97 Å². The molecule has 0 fully saturated rings. The quantitative estimate of drug-likeness (QED) is 0.710. The van der Waals surface area contributed by atoms with Gasteiger partial charge in [0.25, 0.3) is 0 Å². The van der Waals surface area contributed by atoms with Gasteiger partial charge in [0.15, 0.2) is 0 Å². The molecule has 2 aromatic heterocycles.